The SMILES string of the molecule is CC(C)CC1(C)N=C(N)N(Cc2ccc(CNC(=O)Nc3ccc(Cl)cc3)cc2)C1=O. The molecule has 0 aromatic heterocycles. The van der Waals surface area contributed by atoms with E-state index in [4.69, 9.17) is 17.3 Å². The van der Waals surface area contributed by atoms with Crippen LogP contribution in [0.1, 0.15) is 38.3 Å². The van der Waals surface area contributed by atoms with Gasteiger partial charge in [-0.3, -0.25) is 9.69 Å². The van der Waals surface area contributed by atoms with E-state index in [9.17, 15) is 9.59 Å². The van der Waals surface area contributed by atoms with E-state index in [1.54, 1.807) is 24.3 Å². The number of amides is 3. The smallest absolute Gasteiger partial charge is 0.319 e. The molecule has 0 fully saturated rings. The lowest BCUT2D eigenvalue weighted by Crippen LogP contribution is -2.43. The van der Waals surface area contributed by atoms with Crippen molar-refractivity contribution in [3.63, 3.8) is 0 Å². The molecule has 0 saturated carbocycles. The van der Waals surface area contributed by atoms with Crippen LogP contribution >= 0.6 is 11.6 Å². The maximum absolute atomic E-state index is 12.9. The highest BCUT2D eigenvalue weighted by Crippen LogP contribution is 2.29. The average molecular weight is 442 g/mol. The zero-order valence-corrected chi connectivity index (χ0v) is 18.7. The molecule has 3 rings (SSSR count). The van der Waals surface area contributed by atoms with Gasteiger partial charge in [-0.25, -0.2) is 9.79 Å². The summed E-state index contributed by atoms with van der Waals surface area (Å²) in [5, 5.41) is 6.17. The number of carbonyl (C=O) groups excluding carboxylic acids is 2. The van der Waals surface area contributed by atoms with Gasteiger partial charge in [0.2, 0.25) is 0 Å². The van der Waals surface area contributed by atoms with Crippen LogP contribution in [0.25, 0.3) is 0 Å². The second kappa shape index (κ2) is 9.39. The fraction of sp³-hybridized carbons (Fsp3) is 0.348. The first-order chi connectivity index (χ1) is 14.7. The highest BCUT2D eigenvalue weighted by molar-refractivity contribution is 6.30. The summed E-state index contributed by atoms with van der Waals surface area (Å²) in [4.78, 5) is 30.9. The normalized spacial score (nSPS) is 18.3. The van der Waals surface area contributed by atoms with Crippen LogP contribution in [0.5, 0.6) is 0 Å². The van der Waals surface area contributed by atoms with Crippen molar-refractivity contribution < 1.29 is 9.59 Å². The number of aliphatic imine (C=N–C) groups is 1. The molecule has 2 aromatic carbocycles. The quantitative estimate of drug-likeness (QED) is 0.602. The summed E-state index contributed by atoms with van der Waals surface area (Å²) in [5.41, 5.74) is 7.79. The predicted octanol–water partition coefficient (Wildman–Crippen LogP) is 4.12. The van der Waals surface area contributed by atoms with Crippen LogP contribution in [0.2, 0.25) is 5.02 Å². The summed E-state index contributed by atoms with van der Waals surface area (Å²) in [6.07, 6.45) is 0.658. The second-order valence-electron chi connectivity index (χ2n) is 8.36. The molecule has 164 valence electrons. The van der Waals surface area contributed by atoms with Crippen LogP contribution in [0.15, 0.2) is 53.5 Å². The fourth-order valence-corrected chi connectivity index (χ4v) is 3.80. The first-order valence-electron chi connectivity index (χ1n) is 10.2. The molecule has 1 unspecified atom stereocenters. The second-order valence-corrected chi connectivity index (χ2v) is 8.80. The molecule has 1 atom stereocenters. The largest absolute Gasteiger partial charge is 0.369 e. The van der Waals surface area contributed by atoms with Crippen molar-refractivity contribution in [2.45, 2.75) is 45.8 Å². The Bertz CT molecular complexity index is 972. The van der Waals surface area contributed by atoms with Crippen LogP contribution in [0.3, 0.4) is 0 Å². The van der Waals surface area contributed by atoms with Crippen molar-refractivity contribution in [1.82, 2.24) is 10.2 Å². The number of nitrogens with one attached hydrogen (secondary N) is 2. The molecule has 4 N–H and O–H groups in total. The summed E-state index contributed by atoms with van der Waals surface area (Å²) < 4.78 is 0. The van der Waals surface area contributed by atoms with E-state index < -0.39 is 5.54 Å². The minimum atomic E-state index is -0.792. The third-order valence-electron chi connectivity index (χ3n) is 5.07. The third-order valence-corrected chi connectivity index (χ3v) is 5.32. The van der Waals surface area contributed by atoms with Crippen molar-refractivity contribution in [3.8, 4) is 0 Å². The van der Waals surface area contributed by atoms with Gasteiger partial charge in [0.05, 0.1) is 6.54 Å². The van der Waals surface area contributed by atoms with E-state index in [-0.39, 0.29) is 17.9 Å². The van der Waals surface area contributed by atoms with Gasteiger partial charge >= 0.3 is 6.03 Å². The molecule has 31 heavy (non-hydrogen) atoms. The van der Waals surface area contributed by atoms with Crippen LogP contribution in [0.4, 0.5) is 10.5 Å². The van der Waals surface area contributed by atoms with Crippen molar-refractivity contribution in [2.24, 2.45) is 16.6 Å². The summed E-state index contributed by atoms with van der Waals surface area (Å²) in [7, 11) is 0. The zero-order valence-electron chi connectivity index (χ0n) is 18.0. The van der Waals surface area contributed by atoms with Gasteiger partial charge in [-0.15, -0.1) is 0 Å². The molecule has 7 nitrogen and oxygen atoms in total. The Morgan fingerprint density at radius 3 is 2.35 bits per heavy atom. The molecular formula is C23H28ClN5O2. The number of nitrogens with zero attached hydrogens (tertiary/aromatic N) is 2. The number of rotatable bonds is 7. The number of benzene rings is 2. The van der Waals surface area contributed by atoms with Gasteiger partial charge in [0, 0.05) is 17.3 Å². The number of hydrogen-bond donors (Lipinski definition) is 3. The van der Waals surface area contributed by atoms with Gasteiger partial charge in [0.25, 0.3) is 5.91 Å². The van der Waals surface area contributed by atoms with Crippen LogP contribution in [-0.2, 0) is 17.9 Å². The lowest BCUT2D eigenvalue weighted by molar-refractivity contribution is -0.131. The third kappa shape index (κ3) is 5.76. The Kier molecular flexibility index (Phi) is 6.85. The first-order valence-corrected chi connectivity index (χ1v) is 10.6. The van der Waals surface area contributed by atoms with Crippen LogP contribution in [0, 0.1) is 5.92 Å². The zero-order chi connectivity index (χ0) is 22.6. The summed E-state index contributed by atoms with van der Waals surface area (Å²) >= 11 is 5.84. The highest BCUT2D eigenvalue weighted by Gasteiger charge is 2.43. The standard InChI is InChI=1S/C23H28ClN5O2/c1-15(2)12-23(3)20(30)29(21(25)28-23)14-17-6-4-16(5-7-17)13-26-22(31)27-19-10-8-18(24)9-11-19/h4-11,15H,12-14H2,1-3H3,(H2,25,28)(H2,26,27,31). The monoisotopic (exact) mass is 441 g/mol. The number of halogens is 1. The molecule has 1 aliphatic rings. The summed E-state index contributed by atoms with van der Waals surface area (Å²) in [5.74, 6) is 0.537. The topological polar surface area (TPSA) is 99.8 Å². The Morgan fingerprint density at radius 1 is 1.13 bits per heavy atom. The minimum absolute atomic E-state index is 0.0664. The van der Waals surface area contributed by atoms with Gasteiger partial charge < -0.3 is 16.4 Å². The molecule has 0 radical (unpaired) electrons. The van der Waals surface area contributed by atoms with E-state index in [0.29, 0.717) is 36.1 Å². The van der Waals surface area contributed by atoms with Gasteiger partial charge in [-0.2, -0.15) is 0 Å². The van der Waals surface area contributed by atoms with Gasteiger partial charge in [0.1, 0.15) is 5.54 Å². The number of nitrogens with two attached hydrogens (primary N) is 1. The first kappa shape index (κ1) is 22.6. The molecule has 3 amide bonds. The molecule has 0 bridgehead atoms. The maximum atomic E-state index is 12.9. The number of guanidine groups is 1. The molecular weight excluding hydrogens is 414 g/mol. The van der Waals surface area contributed by atoms with Crippen molar-refractivity contribution in [3.05, 3.63) is 64.7 Å². The Hall–Kier alpha value is -3.06. The molecule has 0 spiro atoms. The number of urea groups is 1. The van der Waals surface area contributed by atoms with Gasteiger partial charge in [0.15, 0.2) is 5.96 Å². The molecule has 1 heterocycles. The lowest BCUT2D eigenvalue weighted by atomic mass is 9.91. The Morgan fingerprint density at radius 2 is 1.74 bits per heavy atom. The molecule has 2 aromatic rings. The highest BCUT2D eigenvalue weighted by atomic mass is 35.5. The van der Waals surface area contributed by atoms with Crippen LogP contribution in [-0.4, -0.2) is 28.3 Å². The predicted molar refractivity (Wildman–Crippen MR) is 124 cm³/mol. The van der Waals surface area contributed by atoms with Gasteiger partial charge in [-0.1, -0.05) is 49.7 Å². The number of carbonyl (C=O) groups is 2. The molecule has 0 aliphatic carbocycles. The van der Waals surface area contributed by atoms with Gasteiger partial charge in [-0.05, 0) is 54.7 Å². The molecule has 0 saturated heterocycles. The summed E-state index contributed by atoms with van der Waals surface area (Å²) in [6.45, 7) is 6.71. The minimum Gasteiger partial charge on any atom is -0.369 e. The van der Waals surface area contributed by atoms with Crippen LogP contribution < -0.4 is 16.4 Å². The van der Waals surface area contributed by atoms with E-state index in [2.05, 4.69) is 29.5 Å². The lowest BCUT2D eigenvalue weighted by Gasteiger charge is -2.23. The van der Waals surface area contributed by atoms with E-state index in [1.807, 2.05) is 31.2 Å². The van der Waals surface area contributed by atoms with Crippen molar-refractivity contribution >= 4 is 35.2 Å². The van der Waals surface area contributed by atoms with E-state index >= 15 is 0 Å². The van der Waals surface area contributed by atoms with Crippen molar-refractivity contribution in [2.75, 3.05) is 5.32 Å². The number of hydrogen-bond acceptors (Lipinski definition) is 4. The van der Waals surface area contributed by atoms with Crippen molar-refractivity contribution in [1.29, 1.82) is 0 Å². The molecule has 1 aliphatic heterocycles. The Labute approximate surface area is 187 Å². The van der Waals surface area contributed by atoms with E-state index in [1.165, 1.54) is 4.90 Å². The average Bonchev–Trinajstić information content (AvgIpc) is 2.91. The maximum Gasteiger partial charge on any atom is 0.319 e. The number of anilines is 1. The molecule has 8 heteroatoms. The van der Waals surface area contributed by atoms with E-state index in [0.717, 1.165) is 11.1 Å². The fourth-order valence-electron chi connectivity index (χ4n) is 3.67. The Balaban J connectivity index is 1.53. The summed E-state index contributed by atoms with van der Waals surface area (Å²) in [6, 6.07) is 14.3.